The molecule has 0 atom stereocenters. The predicted molar refractivity (Wildman–Crippen MR) is 69.7 cm³/mol. The molecule has 0 bridgehead atoms. The van der Waals surface area contributed by atoms with Gasteiger partial charge in [-0.15, -0.1) is 0 Å². The van der Waals surface area contributed by atoms with Crippen molar-refractivity contribution in [3.8, 4) is 5.75 Å². The fourth-order valence-corrected chi connectivity index (χ4v) is 1.85. The van der Waals surface area contributed by atoms with Crippen molar-refractivity contribution < 1.29 is 19.1 Å². The van der Waals surface area contributed by atoms with E-state index in [2.05, 4.69) is 0 Å². The lowest BCUT2D eigenvalue weighted by Crippen LogP contribution is -2.29. The van der Waals surface area contributed by atoms with E-state index in [0.29, 0.717) is 12.3 Å². The van der Waals surface area contributed by atoms with Gasteiger partial charge in [-0.1, -0.05) is 26.0 Å². The summed E-state index contributed by atoms with van der Waals surface area (Å²) in [5, 5.41) is 0. The Hall–Kier alpha value is -1.16. The quantitative estimate of drug-likeness (QED) is 0.802. The molecule has 5 nitrogen and oxygen atoms in total. The third kappa shape index (κ3) is 4.61. The van der Waals surface area contributed by atoms with Gasteiger partial charge < -0.3 is 19.2 Å². The monoisotopic (exact) mass is 271 g/mol. The zero-order valence-corrected chi connectivity index (χ0v) is 11.6. The van der Waals surface area contributed by atoms with E-state index in [1.54, 1.807) is 36.2 Å². The van der Waals surface area contributed by atoms with Crippen molar-refractivity contribution in [2.75, 3.05) is 7.05 Å². The first-order chi connectivity index (χ1) is 8.40. The molecular weight excluding hydrogens is 253 g/mol. The maximum absolute atomic E-state index is 11.7. The van der Waals surface area contributed by atoms with Crippen molar-refractivity contribution in [2.24, 2.45) is 5.92 Å². The molecule has 1 amide bonds. The Morgan fingerprint density at radius 2 is 1.89 bits per heavy atom. The summed E-state index contributed by atoms with van der Waals surface area (Å²) in [5.41, 5.74) is 0.957. The second kappa shape index (κ2) is 6.69. The molecule has 2 N–H and O–H groups in total. The largest absolute Gasteiger partial charge is 0.427 e. The normalized spacial score (nSPS) is 10.8. The summed E-state index contributed by atoms with van der Waals surface area (Å²) in [5.74, 6) is 0.460. The lowest BCUT2D eigenvalue weighted by molar-refractivity contribution is -0.133. The Bertz CT molecular complexity index is 392. The highest BCUT2D eigenvalue weighted by molar-refractivity contribution is 7.39. The van der Waals surface area contributed by atoms with E-state index in [4.69, 9.17) is 14.3 Å². The van der Waals surface area contributed by atoms with E-state index >= 15 is 0 Å². The molecule has 0 aliphatic carbocycles. The highest BCUT2D eigenvalue weighted by Gasteiger charge is 2.13. The van der Waals surface area contributed by atoms with E-state index in [1.165, 1.54) is 0 Å². The third-order valence-corrected chi connectivity index (χ3v) is 2.77. The first-order valence-corrected chi connectivity index (χ1v) is 6.76. The van der Waals surface area contributed by atoms with Gasteiger partial charge in [0.25, 0.3) is 0 Å². The molecule has 0 saturated heterocycles. The molecule has 18 heavy (non-hydrogen) atoms. The predicted octanol–water partition coefficient (Wildman–Crippen LogP) is 1.89. The molecule has 1 aromatic rings. The Morgan fingerprint density at radius 3 is 2.33 bits per heavy atom. The number of carbonyl (C=O) groups excluding carboxylic acids is 1. The van der Waals surface area contributed by atoms with Crippen molar-refractivity contribution >= 4 is 14.5 Å². The number of rotatable bonds is 5. The highest BCUT2D eigenvalue weighted by atomic mass is 31.2. The molecule has 0 aromatic heterocycles. The van der Waals surface area contributed by atoms with E-state index in [1.807, 2.05) is 13.8 Å². The molecule has 0 heterocycles. The van der Waals surface area contributed by atoms with Crippen molar-refractivity contribution in [3.63, 3.8) is 0 Å². The van der Waals surface area contributed by atoms with Gasteiger partial charge in [0.15, 0.2) is 0 Å². The summed E-state index contributed by atoms with van der Waals surface area (Å²) in [6.07, 6.45) is 0. The van der Waals surface area contributed by atoms with Crippen LogP contribution in [0.3, 0.4) is 0 Å². The molecule has 0 aliphatic heterocycles. The van der Waals surface area contributed by atoms with Crippen LogP contribution in [-0.4, -0.2) is 27.6 Å². The zero-order chi connectivity index (χ0) is 13.7. The number of nitrogens with zero attached hydrogens (tertiary/aromatic N) is 1. The molecule has 0 fully saturated rings. The van der Waals surface area contributed by atoms with Gasteiger partial charge in [-0.2, -0.15) is 0 Å². The van der Waals surface area contributed by atoms with Crippen LogP contribution in [0.2, 0.25) is 0 Å². The van der Waals surface area contributed by atoms with Gasteiger partial charge in [-0.25, -0.2) is 0 Å². The van der Waals surface area contributed by atoms with E-state index in [-0.39, 0.29) is 11.8 Å². The van der Waals surface area contributed by atoms with Gasteiger partial charge in [-0.3, -0.25) is 4.79 Å². The summed E-state index contributed by atoms with van der Waals surface area (Å²) < 4.78 is 4.76. The molecular formula is C12H18NO4P. The van der Waals surface area contributed by atoms with Crippen molar-refractivity contribution in [1.29, 1.82) is 0 Å². The van der Waals surface area contributed by atoms with Crippen LogP contribution in [0.5, 0.6) is 5.75 Å². The van der Waals surface area contributed by atoms with Crippen LogP contribution < -0.4 is 4.52 Å². The van der Waals surface area contributed by atoms with Crippen LogP contribution in [0.1, 0.15) is 19.4 Å². The number of hydrogen-bond donors (Lipinski definition) is 2. The fraction of sp³-hybridized carbons (Fsp3) is 0.417. The molecule has 0 radical (unpaired) electrons. The summed E-state index contributed by atoms with van der Waals surface area (Å²) in [6, 6.07) is 6.87. The molecule has 6 heteroatoms. The molecule has 1 aromatic carbocycles. The van der Waals surface area contributed by atoms with Gasteiger partial charge in [0, 0.05) is 19.5 Å². The topological polar surface area (TPSA) is 70.0 Å². The van der Waals surface area contributed by atoms with E-state index in [0.717, 1.165) is 5.56 Å². The number of hydrogen-bond acceptors (Lipinski definition) is 4. The van der Waals surface area contributed by atoms with Crippen LogP contribution in [0.4, 0.5) is 0 Å². The first kappa shape index (κ1) is 14.9. The van der Waals surface area contributed by atoms with E-state index < -0.39 is 8.60 Å². The molecule has 1 rings (SSSR count). The lowest BCUT2D eigenvalue weighted by atomic mass is 10.1. The summed E-state index contributed by atoms with van der Waals surface area (Å²) in [7, 11) is -0.629. The van der Waals surface area contributed by atoms with Crippen molar-refractivity contribution in [1.82, 2.24) is 4.90 Å². The van der Waals surface area contributed by atoms with Crippen LogP contribution in [0.15, 0.2) is 24.3 Å². The maximum atomic E-state index is 11.7. The Labute approximate surface area is 108 Å². The summed E-state index contributed by atoms with van der Waals surface area (Å²) >= 11 is 0. The average molecular weight is 271 g/mol. The lowest BCUT2D eigenvalue weighted by Gasteiger charge is -2.19. The third-order valence-electron chi connectivity index (χ3n) is 2.40. The Balaban J connectivity index is 2.61. The Kier molecular flexibility index (Phi) is 5.54. The van der Waals surface area contributed by atoms with Gasteiger partial charge in [0.1, 0.15) is 5.75 Å². The standard InChI is InChI=1S/C12H18NO4P/c1-9(2)12(14)13(3)8-10-4-6-11(7-5-10)17-18(15)16/h4-7,9,15-16H,8H2,1-3H3. The Morgan fingerprint density at radius 1 is 1.33 bits per heavy atom. The van der Waals surface area contributed by atoms with E-state index in [9.17, 15) is 4.79 Å². The number of benzene rings is 1. The SMILES string of the molecule is CC(C)C(=O)N(C)Cc1ccc(OP(O)O)cc1. The van der Waals surface area contributed by atoms with Crippen LogP contribution in [0.25, 0.3) is 0 Å². The van der Waals surface area contributed by atoms with Gasteiger partial charge in [0.05, 0.1) is 0 Å². The van der Waals surface area contributed by atoms with Crippen molar-refractivity contribution in [3.05, 3.63) is 29.8 Å². The van der Waals surface area contributed by atoms with Crippen molar-refractivity contribution in [2.45, 2.75) is 20.4 Å². The zero-order valence-electron chi connectivity index (χ0n) is 10.7. The maximum Gasteiger partial charge on any atom is 0.391 e. The minimum absolute atomic E-state index is 0.0232. The van der Waals surface area contributed by atoms with Gasteiger partial charge in [-0.05, 0) is 17.7 Å². The van der Waals surface area contributed by atoms with Crippen LogP contribution in [-0.2, 0) is 11.3 Å². The van der Waals surface area contributed by atoms with Gasteiger partial charge >= 0.3 is 8.60 Å². The summed E-state index contributed by atoms with van der Waals surface area (Å²) in [6.45, 7) is 4.24. The van der Waals surface area contributed by atoms with Crippen LogP contribution >= 0.6 is 8.60 Å². The first-order valence-electron chi connectivity index (χ1n) is 5.60. The molecule has 0 aliphatic rings. The minimum Gasteiger partial charge on any atom is -0.427 e. The fourth-order valence-electron chi connectivity index (χ4n) is 1.54. The highest BCUT2D eigenvalue weighted by Crippen LogP contribution is 2.28. The smallest absolute Gasteiger partial charge is 0.391 e. The number of amides is 1. The molecule has 0 saturated carbocycles. The molecule has 0 unspecified atom stereocenters. The van der Waals surface area contributed by atoms with Gasteiger partial charge in [0.2, 0.25) is 5.91 Å². The minimum atomic E-state index is -2.39. The number of carbonyl (C=O) groups is 1. The second-order valence-corrected chi connectivity index (χ2v) is 5.03. The second-order valence-electron chi connectivity index (χ2n) is 4.34. The average Bonchev–Trinajstić information content (AvgIpc) is 2.29. The summed E-state index contributed by atoms with van der Waals surface area (Å²) in [4.78, 5) is 30.8. The molecule has 0 spiro atoms. The van der Waals surface area contributed by atoms with Crippen LogP contribution in [0, 0.1) is 5.92 Å². The molecule has 100 valence electrons.